The number of thioether (sulfide) groups is 1. The second-order valence-corrected chi connectivity index (χ2v) is 10.1. The van der Waals surface area contributed by atoms with E-state index in [1.54, 1.807) is 62.4 Å². The Morgan fingerprint density at radius 3 is 2.46 bits per heavy atom. The summed E-state index contributed by atoms with van der Waals surface area (Å²) in [4.78, 5) is 44.5. The van der Waals surface area contributed by atoms with E-state index in [4.69, 9.17) is 16.3 Å². The molecule has 1 aromatic heterocycles. The highest BCUT2D eigenvalue weighted by Crippen LogP contribution is 2.37. The van der Waals surface area contributed by atoms with E-state index in [1.807, 2.05) is 6.92 Å². The molecule has 7 nitrogen and oxygen atoms in total. The van der Waals surface area contributed by atoms with Crippen molar-refractivity contribution >= 4 is 46.6 Å². The van der Waals surface area contributed by atoms with Gasteiger partial charge in [0.15, 0.2) is 5.78 Å². The predicted molar refractivity (Wildman–Crippen MR) is 142 cm³/mol. The Morgan fingerprint density at radius 2 is 1.84 bits per heavy atom. The molecule has 1 unspecified atom stereocenters. The van der Waals surface area contributed by atoms with E-state index in [0.717, 1.165) is 16.7 Å². The molecule has 37 heavy (non-hydrogen) atoms. The lowest BCUT2D eigenvalue weighted by Gasteiger charge is -2.17. The van der Waals surface area contributed by atoms with Gasteiger partial charge in [0.25, 0.3) is 0 Å². The van der Waals surface area contributed by atoms with Crippen LogP contribution in [0, 0.1) is 25.2 Å². The number of ether oxygens (including phenoxy) is 1. The first-order valence-electron chi connectivity index (χ1n) is 11.7. The zero-order valence-corrected chi connectivity index (χ0v) is 22.2. The summed E-state index contributed by atoms with van der Waals surface area (Å²) in [6.45, 7) is 5.94. The molecule has 0 N–H and O–H groups in total. The largest absolute Gasteiger partial charge is 0.494 e. The predicted octanol–water partition coefficient (Wildman–Crippen LogP) is 5.47. The summed E-state index contributed by atoms with van der Waals surface area (Å²) in [6.07, 6.45) is 0.0798. The highest BCUT2D eigenvalue weighted by molar-refractivity contribution is 8.00. The average molecular weight is 534 g/mol. The first-order valence-corrected chi connectivity index (χ1v) is 12.9. The van der Waals surface area contributed by atoms with Gasteiger partial charge in [0.1, 0.15) is 16.8 Å². The third-order valence-corrected chi connectivity index (χ3v) is 7.55. The van der Waals surface area contributed by atoms with Crippen LogP contribution in [0.3, 0.4) is 0 Å². The van der Waals surface area contributed by atoms with Gasteiger partial charge in [0.2, 0.25) is 11.8 Å². The third-order valence-electron chi connectivity index (χ3n) is 6.13. The maximum atomic E-state index is 13.2. The lowest BCUT2D eigenvalue weighted by molar-refractivity contribution is -0.121. The number of nitrogens with zero attached hydrogens (tertiary/aromatic N) is 3. The quantitative estimate of drug-likeness (QED) is 0.279. The molecule has 2 heterocycles. The number of nitriles is 1. The van der Waals surface area contributed by atoms with Crippen LogP contribution >= 0.6 is 23.4 Å². The Labute approximate surface area is 224 Å². The standard InChI is InChI=1S/C28H24ClN3O4S/c1-4-36-21-11-9-20(10-12-21)32-26(34)14-25(28(32)35)37-27-23(15-30)16(2)22(17(3)31-27)13-24(33)18-5-7-19(29)8-6-18/h5-12,25H,4,13-14H2,1-3H3. The number of anilines is 1. The number of Topliss-reactive ketones (excluding diaryl/α,β-unsaturated/α-hetero) is 1. The molecule has 0 radical (unpaired) electrons. The summed E-state index contributed by atoms with van der Waals surface area (Å²) in [5, 5.41) is 10.1. The van der Waals surface area contributed by atoms with Gasteiger partial charge in [-0.2, -0.15) is 5.26 Å². The van der Waals surface area contributed by atoms with Crippen molar-refractivity contribution in [2.24, 2.45) is 0 Å². The van der Waals surface area contributed by atoms with Crippen molar-refractivity contribution in [3.05, 3.63) is 81.5 Å². The van der Waals surface area contributed by atoms with Gasteiger partial charge in [-0.05, 0) is 80.4 Å². The van der Waals surface area contributed by atoms with Gasteiger partial charge in [0.05, 0.1) is 23.1 Å². The topological polar surface area (TPSA) is 100 Å². The normalized spacial score (nSPS) is 15.1. The molecule has 2 aromatic carbocycles. The van der Waals surface area contributed by atoms with E-state index in [9.17, 15) is 19.6 Å². The molecule has 0 saturated carbocycles. The summed E-state index contributed by atoms with van der Waals surface area (Å²) >= 11 is 7.03. The zero-order valence-electron chi connectivity index (χ0n) is 20.6. The van der Waals surface area contributed by atoms with Crippen molar-refractivity contribution in [2.45, 2.75) is 43.9 Å². The fourth-order valence-electron chi connectivity index (χ4n) is 4.19. The molecule has 4 rings (SSSR count). The number of halogens is 1. The molecule has 1 aliphatic rings. The monoisotopic (exact) mass is 533 g/mol. The van der Waals surface area contributed by atoms with Crippen LogP contribution in [0.25, 0.3) is 0 Å². The maximum absolute atomic E-state index is 13.2. The SMILES string of the molecule is CCOc1ccc(N2C(=O)CC(Sc3nc(C)c(CC(=O)c4ccc(Cl)cc4)c(C)c3C#N)C2=O)cc1. The van der Waals surface area contributed by atoms with Crippen LogP contribution < -0.4 is 9.64 Å². The summed E-state index contributed by atoms with van der Waals surface area (Å²) < 4.78 is 5.43. The van der Waals surface area contributed by atoms with Crippen molar-refractivity contribution in [3.63, 3.8) is 0 Å². The number of rotatable bonds is 8. The highest BCUT2D eigenvalue weighted by Gasteiger charge is 2.41. The lowest BCUT2D eigenvalue weighted by atomic mass is 9.96. The van der Waals surface area contributed by atoms with Crippen molar-refractivity contribution in [1.29, 1.82) is 5.26 Å². The molecular formula is C28H24ClN3O4S. The van der Waals surface area contributed by atoms with Crippen molar-refractivity contribution in [1.82, 2.24) is 4.98 Å². The number of ketones is 1. The summed E-state index contributed by atoms with van der Waals surface area (Å²) in [6, 6.07) is 15.6. The molecule has 188 valence electrons. The van der Waals surface area contributed by atoms with E-state index >= 15 is 0 Å². The molecule has 0 bridgehead atoms. The Morgan fingerprint density at radius 1 is 1.16 bits per heavy atom. The fourth-order valence-corrected chi connectivity index (χ4v) is 5.53. The van der Waals surface area contributed by atoms with E-state index in [-0.39, 0.29) is 30.4 Å². The van der Waals surface area contributed by atoms with Gasteiger partial charge in [0, 0.05) is 29.1 Å². The zero-order chi connectivity index (χ0) is 26.7. The minimum atomic E-state index is -0.709. The number of aromatic nitrogens is 1. The maximum Gasteiger partial charge on any atom is 0.247 e. The second-order valence-electron chi connectivity index (χ2n) is 8.50. The molecule has 1 saturated heterocycles. The molecule has 1 aliphatic heterocycles. The number of imide groups is 1. The molecule has 0 spiro atoms. The summed E-state index contributed by atoms with van der Waals surface area (Å²) in [7, 11) is 0. The van der Waals surface area contributed by atoms with Crippen LogP contribution in [-0.4, -0.2) is 34.4 Å². The number of hydrogen-bond acceptors (Lipinski definition) is 7. The number of hydrogen-bond donors (Lipinski definition) is 0. The number of pyridine rings is 1. The van der Waals surface area contributed by atoms with E-state index in [0.29, 0.717) is 56.0 Å². The Hall–Kier alpha value is -3.67. The molecule has 0 aliphatic carbocycles. The van der Waals surface area contributed by atoms with Crippen LogP contribution in [0.4, 0.5) is 5.69 Å². The fraction of sp³-hybridized carbons (Fsp3) is 0.250. The van der Waals surface area contributed by atoms with Crippen LogP contribution in [0.2, 0.25) is 5.02 Å². The number of amides is 2. The molecule has 1 atom stereocenters. The number of carbonyl (C=O) groups excluding carboxylic acids is 3. The lowest BCUT2D eigenvalue weighted by Crippen LogP contribution is -2.31. The molecule has 3 aromatic rings. The Bertz CT molecular complexity index is 1420. The van der Waals surface area contributed by atoms with Gasteiger partial charge in [-0.25, -0.2) is 9.88 Å². The Balaban J connectivity index is 1.56. The number of aryl methyl sites for hydroxylation is 1. The van der Waals surface area contributed by atoms with Gasteiger partial charge < -0.3 is 4.74 Å². The average Bonchev–Trinajstić information content (AvgIpc) is 3.15. The number of benzene rings is 2. The van der Waals surface area contributed by atoms with Crippen LogP contribution in [0.15, 0.2) is 53.6 Å². The minimum Gasteiger partial charge on any atom is -0.494 e. The molecule has 2 amide bonds. The first-order chi connectivity index (χ1) is 17.7. The van der Waals surface area contributed by atoms with E-state index in [2.05, 4.69) is 11.1 Å². The molecule has 9 heteroatoms. The highest BCUT2D eigenvalue weighted by atomic mass is 35.5. The van der Waals surface area contributed by atoms with Crippen molar-refractivity contribution < 1.29 is 19.1 Å². The molecular weight excluding hydrogens is 510 g/mol. The third kappa shape index (κ3) is 5.53. The van der Waals surface area contributed by atoms with Gasteiger partial charge in [-0.3, -0.25) is 14.4 Å². The van der Waals surface area contributed by atoms with E-state index < -0.39 is 5.25 Å². The van der Waals surface area contributed by atoms with Crippen LogP contribution in [0.1, 0.15) is 46.1 Å². The minimum absolute atomic E-state index is 0.00183. The Kier molecular flexibility index (Phi) is 7.96. The number of carbonyl (C=O) groups is 3. The summed E-state index contributed by atoms with van der Waals surface area (Å²) in [5.74, 6) is -0.137. The van der Waals surface area contributed by atoms with Crippen molar-refractivity contribution in [3.8, 4) is 11.8 Å². The summed E-state index contributed by atoms with van der Waals surface area (Å²) in [5.41, 5.74) is 3.20. The van der Waals surface area contributed by atoms with Crippen LogP contribution in [0.5, 0.6) is 5.75 Å². The van der Waals surface area contributed by atoms with Gasteiger partial charge in [-0.15, -0.1) is 0 Å². The first kappa shape index (κ1) is 26.4. The van der Waals surface area contributed by atoms with Gasteiger partial charge >= 0.3 is 0 Å². The smallest absolute Gasteiger partial charge is 0.247 e. The van der Waals surface area contributed by atoms with E-state index in [1.165, 1.54) is 0 Å². The van der Waals surface area contributed by atoms with Crippen molar-refractivity contribution in [2.75, 3.05) is 11.5 Å². The molecule has 1 fully saturated rings. The second kappa shape index (κ2) is 11.2. The van der Waals surface area contributed by atoms with Crippen LogP contribution in [-0.2, 0) is 16.0 Å². The van der Waals surface area contributed by atoms with Gasteiger partial charge in [-0.1, -0.05) is 23.4 Å².